The van der Waals surface area contributed by atoms with E-state index in [1.54, 1.807) is 6.07 Å². The fourth-order valence-electron chi connectivity index (χ4n) is 2.46. The second kappa shape index (κ2) is 9.50. The first-order valence-electron chi connectivity index (χ1n) is 8.54. The number of esters is 1. The Morgan fingerprint density at radius 2 is 1.93 bits per heavy atom. The molecule has 2 aromatic carbocycles. The van der Waals surface area contributed by atoms with Crippen molar-refractivity contribution >= 4 is 12.0 Å². The molecule has 3 aromatic rings. The molecule has 0 aliphatic carbocycles. The number of rotatable bonds is 8. The topological polar surface area (TPSA) is 70.8 Å². The molecule has 0 fully saturated rings. The van der Waals surface area contributed by atoms with Crippen LogP contribution < -0.4 is 9.47 Å². The Kier molecular flexibility index (Phi) is 6.57. The van der Waals surface area contributed by atoms with E-state index in [0.29, 0.717) is 17.0 Å². The normalized spacial score (nSPS) is 11.0. The molecule has 6 nitrogen and oxygen atoms in total. The minimum atomic E-state index is -2.96. The van der Waals surface area contributed by atoms with Crippen molar-refractivity contribution in [3.8, 4) is 22.8 Å². The number of hydrogen-bond donors (Lipinski definition) is 0. The molecule has 0 saturated heterocycles. The first-order valence-corrected chi connectivity index (χ1v) is 8.54. The summed E-state index contributed by atoms with van der Waals surface area (Å²) in [6, 6.07) is 15.4. The smallest absolute Gasteiger partial charge is 0.387 e. The van der Waals surface area contributed by atoms with Crippen molar-refractivity contribution in [2.24, 2.45) is 0 Å². The molecule has 3 rings (SSSR count). The molecule has 29 heavy (non-hydrogen) atoms. The molecule has 0 N–H and O–H groups in total. The van der Waals surface area contributed by atoms with Crippen LogP contribution in [-0.2, 0) is 16.1 Å². The number of ether oxygens (including phenoxy) is 3. The van der Waals surface area contributed by atoms with Gasteiger partial charge in [-0.15, -0.1) is 0 Å². The van der Waals surface area contributed by atoms with Gasteiger partial charge in [-0.2, -0.15) is 8.78 Å². The minimum Gasteiger partial charge on any atom is -0.493 e. The van der Waals surface area contributed by atoms with Crippen molar-refractivity contribution in [3.05, 3.63) is 71.9 Å². The lowest BCUT2D eigenvalue weighted by Gasteiger charge is -2.10. The van der Waals surface area contributed by atoms with Crippen LogP contribution in [0.5, 0.6) is 11.5 Å². The maximum absolute atomic E-state index is 12.3. The summed E-state index contributed by atoms with van der Waals surface area (Å²) >= 11 is 0. The molecular weight excluding hydrogens is 384 g/mol. The van der Waals surface area contributed by atoms with E-state index in [-0.39, 0.29) is 18.1 Å². The number of benzene rings is 2. The fraction of sp³-hybridized carbons (Fsp3) is 0.143. The van der Waals surface area contributed by atoms with E-state index in [2.05, 4.69) is 9.89 Å². The van der Waals surface area contributed by atoms with Crippen molar-refractivity contribution in [1.82, 2.24) is 5.16 Å². The molecule has 0 saturated carbocycles. The Morgan fingerprint density at radius 3 is 2.66 bits per heavy atom. The van der Waals surface area contributed by atoms with Crippen LogP contribution in [0.2, 0.25) is 0 Å². The first-order chi connectivity index (χ1) is 14.0. The van der Waals surface area contributed by atoms with E-state index in [1.807, 2.05) is 30.3 Å². The summed E-state index contributed by atoms with van der Waals surface area (Å²) in [5.41, 5.74) is 1.89. The third kappa shape index (κ3) is 5.65. The molecule has 0 aliphatic heterocycles. The van der Waals surface area contributed by atoms with E-state index >= 15 is 0 Å². The highest BCUT2D eigenvalue weighted by Gasteiger charge is 2.11. The lowest BCUT2D eigenvalue weighted by atomic mass is 10.2. The Bertz CT molecular complexity index is 986. The number of halogens is 2. The van der Waals surface area contributed by atoms with Crippen LogP contribution in [0.4, 0.5) is 8.78 Å². The highest BCUT2D eigenvalue weighted by molar-refractivity contribution is 5.87. The molecule has 0 amide bonds. The van der Waals surface area contributed by atoms with Crippen LogP contribution in [-0.4, -0.2) is 24.8 Å². The van der Waals surface area contributed by atoms with Gasteiger partial charge in [-0.05, 0) is 23.8 Å². The van der Waals surface area contributed by atoms with Gasteiger partial charge in [0.25, 0.3) is 0 Å². The van der Waals surface area contributed by atoms with Crippen molar-refractivity contribution < 1.29 is 32.3 Å². The summed E-state index contributed by atoms with van der Waals surface area (Å²) in [5, 5.41) is 3.87. The monoisotopic (exact) mass is 401 g/mol. The fourth-order valence-corrected chi connectivity index (χ4v) is 2.46. The molecule has 0 spiro atoms. The predicted octanol–water partition coefficient (Wildman–Crippen LogP) is 4.71. The van der Waals surface area contributed by atoms with E-state index < -0.39 is 12.6 Å². The molecular formula is C21H17F2NO5. The van der Waals surface area contributed by atoms with Gasteiger partial charge in [0.15, 0.2) is 17.3 Å². The van der Waals surface area contributed by atoms with Gasteiger partial charge in [-0.3, -0.25) is 0 Å². The highest BCUT2D eigenvalue weighted by Crippen LogP contribution is 2.29. The largest absolute Gasteiger partial charge is 0.493 e. The quantitative estimate of drug-likeness (QED) is 0.402. The number of aromatic nitrogens is 1. The van der Waals surface area contributed by atoms with E-state index in [0.717, 1.165) is 5.56 Å². The molecule has 0 aliphatic rings. The van der Waals surface area contributed by atoms with Gasteiger partial charge < -0.3 is 18.7 Å². The maximum Gasteiger partial charge on any atom is 0.387 e. The van der Waals surface area contributed by atoms with Crippen molar-refractivity contribution in [2.45, 2.75) is 13.2 Å². The van der Waals surface area contributed by atoms with E-state index in [1.165, 1.54) is 37.5 Å². The third-order valence-corrected chi connectivity index (χ3v) is 3.80. The van der Waals surface area contributed by atoms with Crippen LogP contribution in [0.3, 0.4) is 0 Å². The number of nitrogens with zero attached hydrogens (tertiary/aromatic N) is 1. The number of carbonyl (C=O) groups is 1. The summed E-state index contributed by atoms with van der Waals surface area (Å²) in [6.45, 7) is -3.01. The van der Waals surface area contributed by atoms with Gasteiger partial charge in [0.1, 0.15) is 12.3 Å². The number of methoxy groups -OCH3 is 1. The molecule has 0 bridgehead atoms. The van der Waals surface area contributed by atoms with Crippen molar-refractivity contribution in [3.63, 3.8) is 0 Å². The summed E-state index contributed by atoms with van der Waals surface area (Å²) in [5.74, 6) is 0.00543. The zero-order valence-corrected chi connectivity index (χ0v) is 15.4. The van der Waals surface area contributed by atoms with Crippen molar-refractivity contribution in [2.75, 3.05) is 7.11 Å². The first kappa shape index (κ1) is 20.1. The Labute approximate surface area is 165 Å². The van der Waals surface area contributed by atoms with Gasteiger partial charge in [0.05, 0.1) is 7.11 Å². The minimum absolute atomic E-state index is 0.0516. The Morgan fingerprint density at radius 1 is 1.14 bits per heavy atom. The SMILES string of the molecule is COc1cc(/C=C/C(=O)OCc2cc(-c3ccccc3)on2)ccc1OC(F)F. The number of hydrogen-bond acceptors (Lipinski definition) is 6. The van der Waals surface area contributed by atoms with Gasteiger partial charge in [0.2, 0.25) is 0 Å². The van der Waals surface area contributed by atoms with E-state index in [4.69, 9.17) is 14.0 Å². The third-order valence-electron chi connectivity index (χ3n) is 3.80. The van der Waals surface area contributed by atoms with Crippen LogP contribution >= 0.6 is 0 Å². The molecule has 8 heteroatoms. The van der Waals surface area contributed by atoms with Gasteiger partial charge >= 0.3 is 12.6 Å². The van der Waals surface area contributed by atoms with Crippen LogP contribution in [0.1, 0.15) is 11.3 Å². The van der Waals surface area contributed by atoms with E-state index in [9.17, 15) is 13.6 Å². The molecule has 0 atom stereocenters. The van der Waals surface area contributed by atoms with Crippen LogP contribution in [0.15, 0.2) is 65.2 Å². The molecule has 0 unspecified atom stereocenters. The maximum atomic E-state index is 12.3. The summed E-state index contributed by atoms with van der Waals surface area (Å²) in [4.78, 5) is 11.9. The zero-order chi connectivity index (χ0) is 20.6. The van der Waals surface area contributed by atoms with Gasteiger partial charge in [-0.25, -0.2) is 4.79 Å². The van der Waals surface area contributed by atoms with Crippen molar-refractivity contribution in [1.29, 1.82) is 0 Å². The second-order valence-corrected chi connectivity index (χ2v) is 5.78. The molecule has 150 valence electrons. The Balaban J connectivity index is 1.57. The molecule has 1 heterocycles. The van der Waals surface area contributed by atoms with Gasteiger partial charge in [0, 0.05) is 17.7 Å². The standard InChI is InChI=1S/C21H17F2NO5/c1-26-19-11-14(7-9-17(19)28-21(22)23)8-10-20(25)27-13-16-12-18(29-24-16)15-5-3-2-4-6-15/h2-12,21H,13H2,1H3/b10-8+. The molecule has 0 radical (unpaired) electrons. The van der Waals surface area contributed by atoms with Gasteiger partial charge in [-0.1, -0.05) is 41.6 Å². The van der Waals surface area contributed by atoms with Crippen LogP contribution in [0, 0.1) is 0 Å². The summed E-state index contributed by atoms with van der Waals surface area (Å²) < 4.78 is 44.4. The second-order valence-electron chi connectivity index (χ2n) is 5.78. The lowest BCUT2D eigenvalue weighted by Crippen LogP contribution is -2.03. The summed E-state index contributed by atoms with van der Waals surface area (Å²) in [6.07, 6.45) is 2.68. The average Bonchev–Trinajstić information content (AvgIpc) is 3.21. The Hall–Kier alpha value is -3.68. The predicted molar refractivity (Wildman–Crippen MR) is 100 cm³/mol. The molecule has 1 aromatic heterocycles. The average molecular weight is 401 g/mol. The summed E-state index contributed by atoms with van der Waals surface area (Å²) in [7, 11) is 1.33. The highest BCUT2D eigenvalue weighted by atomic mass is 19.3. The zero-order valence-electron chi connectivity index (χ0n) is 15.4. The lowest BCUT2D eigenvalue weighted by molar-refractivity contribution is -0.139. The number of alkyl halides is 2. The number of carbonyl (C=O) groups excluding carboxylic acids is 1. The van der Waals surface area contributed by atoms with Crippen LogP contribution in [0.25, 0.3) is 17.4 Å².